The Labute approximate surface area is 329 Å². The van der Waals surface area contributed by atoms with Gasteiger partial charge in [-0.05, 0) is 74.9 Å². The highest BCUT2D eigenvalue weighted by Gasteiger charge is 2.33. The summed E-state index contributed by atoms with van der Waals surface area (Å²) >= 11 is 0. The smallest absolute Gasteiger partial charge is 0.416 e. The molecule has 0 radical (unpaired) electrons. The lowest BCUT2D eigenvalue weighted by atomic mass is 9.85. The molecule has 3 heterocycles. The third kappa shape index (κ3) is 9.45. The van der Waals surface area contributed by atoms with Crippen LogP contribution in [0.1, 0.15) is 71.6 Å². The molecule has 14 heteroatoms. The third-order valence-corrected chi connectivity index (χ3v) is 10.1. The number of unbranched alkanes of at least 4 members (excludes halogenated alkanes) is 1. The molecule has 6 rings (SSSR count). The number of halogens is 3. The van der Waals surface area contributed by atoms with Crippen molar-refractivity contribution in [1.29, 1.82) is 0 Å². The van der Waals surface area contributed by atoms with Crippen LogP contribution in [-0.2, 0) is 23.9 Å². The van der Waals surface area contributed by atoms with Crippen LogP contribution in [-0.4, -0.2) is 52.3 Å². The monoisotopic (exact) mass is 781 g/mol. The van der Waals surface area contributed by atoms with E-state index in [9.17, 15) is 22.8 Å². The molecule has 2 amide bonds. The molecule has 0 bridgehead atoms. The number of ether oxygens (including phenoxy) is 2. The Balaban J connectivity index is 1.39. The molecule has 298 valence electrons. The Morgan fingerprint density at radius 2 is 1.79 bits per heavy atom. The van der Waals surface area contributed by atoms with E-state index in [0.29, 0.717) is 54.5 Å². The van der Waals surface area contributed by atoms with Crippen molar-refractivity contribution in [3.05, 3.63) is 115 Å². The Kier molecular flexibility index (Phi) is 12.9. The van der Waals surface area contributed by atoms with Crippen LogP contribution in [0.4, 0.5) is 24.8 Å². The van der Waals surface area contributed by atoms with E-state index in [1.54, 1.807) is 38.5 Å². The number of methoxy groups -OCH3 is 2. The summed E-state index contributed by atoms with van der Waals surface area (Å²) in [5.74, 6) is 0.898. The number of anilines is 2. The molecule has 3 N–H and O–H groups in total. The molecule has 0 aliphatic heterocycles. The second-order valence-electron chi connectivity index (χ2n) is 13.9. The molecule has 1 aliphatic carbocycles. The first-order chi connectivity index (χ1) is 27.5. The zero-order valence-corrected chi connectivity index (χ0v) is 32.0. The molecule has 57 heavy (non-hydrogen) atoms. The fourth-order valence-corrected chi connectivity index (χ4v) is 7.19. The van der Waals surface area contributed by atoms with E-state index in [-0.39, 0.29) is 29.2 Å². The number of hydrogen-bond acceptors (Lipinski definition) is 8. The number of carbonyl (C=O) groups excluding carboxylic acids is 2. The quantitative estimate of drug-likeness (QED) is 0.0668. The van der Waals surface area contributed by atoms with Gasteiger partial charge in [0.15, 0.2) is 0 Å². The first-order valence-corrected chi connectivity index (χ1v) is 18.8. The largest absolute Gasteiger partial charge is 0.497 e. The number of allylic oxidation sites excluding steroid dienone is 2. The van der Waals surface area contributed by atoms with Crippen LogP contribution in [0.5, 0.6) is 11.5 Å². The maximum absolute atomic E-state index is 13.3. The Morgan fingerprint density at radius 1 is 0.982 bits per heavy atom. The Morgan fingerprint density at radius 3 is 2.51 bits per heavy atom. The standard InChI is InChI=1S/C43H46F3N7O4/c1-5-7-8-20-48-41(54)29-11-9-12-33(22-29)53-39-31(10-6-2)26-50-40(49-25-30-17-18-34(56-3)24-35(30)57-4)37(39)38(52-53)27-13-15-28(16-14-27)42(55)51-36-23-32(19-21-47-36)43(44,45)46/h5-6,13-19,21,23-24,26,29,33H,1-2,7-12,20,22,25H2,3-4H3,(H,48,54)(H,49,50)(H,47,51,55)/t29-,33-/m1/s1. The fraction of sp³-hybridized carbons (Fsp3) is 0.326. The van der Waals surface area contributed by atoms with Crippen molar-refractivity contribution in [3.8, 4) is 22.8 Å². The lowest BCUT2D eigenvalue weighted by Gasteiger charge is -2.29. The third-order valence-electron chi connectivity index (χ3n) is 10.1. The average Bonchev–Trinajstić information content (AvgIpc) is 3.63. The van der Waals surface area contributed by atoms with E-state index >= 15 is 0 Å². The molecule has 2 aromatic carbocycles. The van der Waals surface area contributed by atoms with Gasteiger partial charge in [0.05, 0.1) is 36.7 Å². The molecule has 0 unspecified atom stereocenters. The van der Waals surface area contributed by atoms with E-state index < -0.39 is 17.6 Å². The van der Waals surface area contributed by atoms with E-state index in [2.05, 4.69) is 34.1 Å². The number of carbonyl (C=O) groups is 2. The van der Waals surface area contributed by atoms with Gasteiger partial charge in [-0.15, -0.1) is 13.2 Å². The maximum Gasteiger partial charge on any atom is 0.416 e. The highest BCUT2D eigenvalue weighted by atomic mass is 19.4. The molecule has 3 aromatic heterocycles. The molecule has 11 nitrogen and oxygen atoms in total. The molecule has 1 fully saturated rings. The van der Waals surface area contributed by atoms with Crippen LogP contribution in [0.25, 0.3) is 22.2 Å². The summed E-state index contributed by atoms with van der Waals surface area (Å²) in [5.41, 5.74) is 3.23. The van der Waals surface area contributed by atoms with Gasteiger partial charge < -0.3 is 25.4 Å². The number of pyridine rings is 2. The minimum Gasteiger partial charge on any atom is -0.497 e. The highest BCUT2D eigenvalue weighted by molar-refractivity contribution is 6.05. The number of aromatic nitrogens is 4. The number of amides is 2. The van der Waals surface area contributed by atoms with Crippen LogP contribution < -0.4 is 25.4 Å². The second-order valence-corrected chi connectivity index (χ2v) is 13.9. The van der Waals surface area contributed by atoms with Gasteiger partial charge in [0.1, 0.15) is 28.8 Å². The van der Waals surface area contributed by atoms with Crippen LogP contribution in [0.2, 0.25) is 0 Å². The van der Waals surface area contributed by atoms with Gasteiger partial charge in [-0.2, -0.15) is 18.3 Å². The van der Waals surface area contributed by atoms with Crippen LogP contribution in [0.3, 0.4) is 0 Å². The van der Waals surface area contributed by atoms with Gasteiger partial charge in [0.2, 0.25) is 5.91 Å². The number of rotatable bonds is 16. The van der Waals surface area contributed by atoms with Gasteiger partial charge in [-0.1, -0.05) is 30.7 Å². The molecular weight excluding hydrogens is 736 g/mol. The summed E-state index contributed by atoms with van der Waals surface area (Å²) in [4.78, 5) is 35.3. The molecule has 0 saturated heterocycles. The molecule has 1 saturated carbocycles. The minimum atomic E-state index is -4.58. The number of fused-ring (bicyclic) bond motifs is 1. The summed E-state index contributed by atoms with van der Waals surface area (Å²) in [5, 5.41) is 15.1. The van der Waals surface area contributed by atoms with E-state index in [4.69, 9.17) is 19.6 Å². The van der Waals surface area contributed by atoms with E-state index in [1.165, 1.54) is 0 Å². The summed E-state index contributed by atoms with van der Waals surface area (Å²) < 4.78 is 52.9. The van der Waals surface area contributed by atoms with Gasteiger partial charge in [-0.25, -0.2) is 9.97 Å². The van der Waals surface area contributed by atoms with Crippen molar-refractivity contribution < 1.29 is 32.2 Å². The van der Waals surface area contributed by atoms with Gasteiger partial charge in [0, 0.05) is 59.7 Å². The summed E-state index contributed by atoms with van der Waals surface area (Å²) in [6.07, 6.45) is 7.13. The normalized spacial score (nSPS) is 15.5. The number of hydrogen-bond donors (Lipinski definition) is 3. The molecule has 1 aliphatic rings. The lowest BCUT2D eigenvalue weighted by molar-refractivity contribution is -0.137. The van der Waals surface area contributed by atoms with Gasteiger partial charge in [-0.3, -0.25) is 14.3 Å². The highest BCUT2D eigenvalue weighted by Crippen LogP contribution is 2.41. The van der Waals surface area contributed by atoms with E-state index in [1.807, 2.05) is 41.2 Å². The minimum absolute atomic E-state index is 0.0402. The molecule has 5 aromatic rings. The first kappa shape index (κ1) is 40.5. The lowest BCUT2D eigenvalue weighted by Crippen LogP contribution is -2.35. The molecule has 2 atom stereocenters. The summed E-state index contributed by atoms with van der Waals surface area (Å²) in [7, 11) is 3.19. The zero-order valence-electron chi connectivity index (χ0n) is 32.0. The molecular formula is C43H46F3N7O4. The van der Waals surface area contributed by atoms with Crippen molar-refractivity contribution in [2.45, 2.75) is 63.7 Å². The van der Waals surface area contributed by atoms with Crippen molar-refractivity contribution in [2.75, 3.05) is 31.4 Å². The summed E-state index contributed by atoms with van der Waals surface area (Å²) in [6.45, 7) is 8.72. The van der Waals surface area contributed by atoms with Crippen molar-refractivity contribution in [1.82, 2.24) is 25.1 Å². The predicted octanol–water partition coefficient (Wildman–Crippen LogP) is 8.94. The predicted molar refractivity (Wildman–Crippen MR) is 214 cm³/mol. The van der Waals surface area contributed by atoms with Gasteiger partial charge >= 0.3 is 6.18 Å². The topological polar surface area (TPSA) is 132 Å². The van der Waals surface area contributed by atoms with Gasteiger partial charge in [0.25, 0.3) is 5.91 Å². The first-order valence-electron chi connectivity index (χ1n) is 18.8. The van der Waals surface area contributed by atoms with Crippen LogP contribution in [0, 0.1) is 5.92 Å². The SMILES string of the molecule is C=CCCCNC(=O)[C@@H]1CCC[C@@H](n2nc(-c3ccc(C(=O)Nc4cc(C(F)(F)F)ccn4)cc3)c3c(NCc4ccc(OC)cc4OC)ncc(CC=C)c32)C1. The number of nitrogens with zero attached hydrogens (tertiary/aromatic N) is 4. The van der Waals surface area contributed by atoms with Crippen LogP contribution in [0.15, 0.2) is 92.3 Å². The molecule has 0 spiro atoms. The Bertz CT molecular complexity index is 2240. The maximum atomic E-state index is 13.3. The van der Waals surface area contributed by atoms with E-state index in [0.717, 1.165) is 72.5 Å². The van der Waals surface area contributed by atoms with Crippen molar-refractivity contribution in [3.63, 3.8) is 0 Å². The summed E-state index contributed by atoms with van der Waals surface area (Å²) in [6, 6.07) is 13.8. The van der Waals surface area contributed by atoms with Crippen molar-refractivity contribution >= 4 is 34.4 Å². The number of benzene rings is 2. The average molecular weight is 782 g/mol. The zero-order chi connectivity index (χ0) is 40.5. The number of alkyl halides is 3. The fourth-order valence-electron chi connectivity index (χ4n) is 7.19. The number of nitrogens with one attached hydrogen (secondary N) is 3. The van der Waals surface area contributed by atoms with Crippen LogP contribution >= 0.6 is 0 Å². The Hall–Kier alpha value is -6.18. The van der Waals surface area contributed by atoms with Crippen molar-refractivity contribution in [2.24, 2.45) is 5.92 Å². The second kappa shape index (κ2) is 18.2.